The topological polar surface area (TPSA) is 59.2 Å². The number of nitrogens with zero attached hydrogens (tertiary/aromatic N) is 3. The molecule has 1 saturated carbocycles. The first-order valence-corrected chi connectivity index (χ1v) is 7.96. The molecule has 0 radical (unpaired) electrons. The van der Waals surface area contributed by atoms with Crippen LogP contribution in [-0.2, 0) is 11.2 Å². The summed E-state index contributed by atoms with van der Waals surface area (Å²) in [6.45, 7) is 1.64. The van der Waals surface area contributed by atoms with Gasteiger partial charge >= 0.3 is 0 Å². The van der Waals surface area contributed by atoms with E-state index >= 15 is 0 Å². The van der Waals surface area contributed by atoms with Gasteiger partial charge in [0.1, 0.15) is 0 Å². The Morgan fingerprint density at radius 1 is 1.40 bits per heavy atom. The van der Waals surface area contributed by atoms with Crippen molar-refractivity contribution in [1.82, 2.24) is 15.0 Å². The number of carbonyl (C=O) groups excluding carboxylic acids is 1. The van der Waals surface area contributed by atoms with Crippen molar-refractivity contribution in [2.24, 2.45) is 5.92 Å². The smallest absolute Gasteiger partial charge is 0.226 e. The van der Waals surface area contributed by atoms with Crippen molar-refractivity contribution in [3.63, 3.8) is 0 Å². The van der Waals surface area contributed by atoms with Crippen molar-refractivity contribution in [2.45, 2.75) is 44.4 Å². The molecule has 3 rings (SSSR count). The van der Waals surface area contributed by atoms with Gasteiger partial charge < -0.3 is 9.42 Å². The molecule has 2 heterocycles. The third kappa shape index (κ3) is 3.32. The molecule has 1 amide bonds. The molecule has 2 fully saturated rings. The average molecular weight is 298 g/mol. The third-order valence-corrected chi connectivity index (χ3v) is 4.26. The predicted octanol–water partition coefficient (Wildman–Crippen LogP) is 2.36. The average Bonchev–Trinajstić information content (AvgIpc) is 3.20. The van der Waals surface area contributed by atoms with Crippen LogP contribution in [0.4, 0.5) is 0 Å². The SMILES string of the molecule is O=C(CCCl)N1CCCC(Cc2nc(C3CC3)no2)C1. The van der Waals surface area contributed by atoms with Gasteiger partial charge in [0.2, 0.25) is 11.8 Å². The van der Waals surface area contributed by atoms with Crippen molar-refractivity contribution >= 4 is 17.5 Å². The maximum atomic E-state index is 11.9. The highest BCUT2D eigenvalue weighted by Gasteiger charge is 2.30. The van der Waals surface area contributed by atoms with Crippen molar-refractivity contribution in [3.05, 3.63) is 11.7 Å². The summed E-state index contributed by atoms with van der Waals surface area (Å²) < 4.78 is 5.33. The number of alkyl halides is 1. The van der Waals surface area contributed by atoms with E-state index in [2.05, 4.69) is 10.1 Å². The van der Waals surface area contributed by atoms with Gasteiger partial charge in [-0.1, -0.05) is 5.16 Å². The molecule has 1 saturated heterocycles. The number of halogens is 1. The molecule has 110 valence electrons. The van der Waals surface area contributed by atoms with Crippen molar-refractivity contribution in [1.29, 1.82) is 0 Å². The largest absolute Gasteiger partial charge is 0.342 e. The van der Waals surface area contributed by atoms with E-state index in [-0.39, 0.29) is 5.91 Å². The molecular weight excluding hydrogens is 278 g/mol. The molecule has 0 N–H and O–H groups in total. The molecule has 0 aromatic carbocycles. The molecule has 5 nitrogen and oxygen atoms in total. The zero-order chi connectivity index (χ0) is 13.9. The first-order chi connectivity index (χ1) is 9.76. The van der Waals surface area contributed by atoms with Crippen LogP contribution in [0, 0.1) is 5.92 Å². The molecule has 20 heavy (non-hydrogen) atoms. The van der Waals surface area contributed by atoms with Crippen LogP contribution in [0.25, 0.3) is 0 Å². The lowest BCUT2D eigenvalue weighted by Crippen LogP contribution is -2.40. The summed E-state index contributed by atoms with van der Waals surface area (Å²) >= 11 is 5.64. The molecule has 0 spiro atoms. The molecule has 6 heteroatoms. The minimum Gasteiger partial charge on any atom is -0.342 e. The highest BCUT2D eigenvalue weighted by atomic mass is 35.5. The van der Waals surface area contributed by atoms with Crippen LogP contribution in [-0.4, -0.2) is 39.9 Å². The summed E-state index contributed by atoms with van der Waals surface area (Å²) in [5.41, 5.74) is 0. The Labute approximate surface area is 123 Å². The van der Waals surface area contributed by atoms with E-state index < -0.39 is 0 Å². The fourth-order valence-electron chi connectivity index (χ4n) is 2.80. The standard InChI is InChI=1S/C14H20ClN3O2/c15-6-5-13(19)18-7-1-2-10(9-18)8-12-16-14(17-20-12)11-3-4-11/h10-11H,1-9H2. The quantitative estimate of drug-likeness (QED) is 0.783. The second kappa shape index (κ2) is 6.12. The Balaban J connectivity index is 1.54. The molecule has 1 atom stereocenters. The third-order valence-electron chi connectivity index (χ3n) is 4.07. The summed E-state index contributed by atoms with van der Waals surface area (Å²) in [4.78, 5) is 18.3. The first-order valence-electron chi connectivity index (χ1n) is 7.42. The molecule has 1 aromatic rings. The number of piperidine rings is 1. The van der Waals surface area contributed by atoms with Gasteiger partial charge in [0.25, 0.3) is 0 Å². The van der Waals surface area contributed by atoms with E-state index in [4.69, 9.17) is 16.1 Å². The highest BCUT2D eigenvalue weighted by Crippen LogP contribution is 2.38. The Kier molecular flexibility index (Phi) is 4.24. The van der Waals surface area contributed by atoms with E-state index in [1.54, 1.807) is 0 Å². The Morgan fingerprint density at radius 3 is 3.00 bits per heavy atom. The van der Waals surface area contributed by atoms with Crippen LogP contribution >= 0.6 is 11.6 Å². The lowest BCUT2D eigenvalue weighted by atomic mass is 9.94. The summed E-state index contributed by atoms with van der Waals surface area (Å²) in [7, 11) is 0. The Bertz CT molecular complexity index is 473. The van der Waals surface area contributed by atoms with Gasteiger partial charge in [0.05, 0.1) is 0 Å². The second-order valence-electron chi connectivity index (χ2n) is 5.81. The van der Waals surface area contributed by atoms with Crippen molar-refractivity contribution in [2.75, 3.05) is 19.0 Å². The zero-order valence-electron chi connectivity index (χ0n) is 11.6. The zero-order valence-corrected chi connectivity index (χ0v) is 12.3. The number of hydrogen-bond donors (Lipinski definition) is 0. The van der Waals surface area contributed by atoms with Gasteiger partial charge in [-0.25, -0.2) is 0 Å². The van der Waals surface area contributed by atoms with Gasteiger partial charge in [-0.15, -0.1) is 11.6 Å². The number of hydrogen-bond acceptors (Lipinski definition) is 4. The Hall–Kier alpha value is -1.10. The summed E-state index contributed by atoms with van der Waals surface area (Å²) in [6, 6.07) is 0. The van der Waals surface area contributed by atoms with Crippen molar-refractivity contribution < 1.29 is 9.32 Å². The van der Waals surface area contributed by atoms with Crippen LogP contribution in [0.15, 0.2) is 4.52 Å². The lowest BCUT2D eigenvalue weighted by Gasteiger charge is -2.32. The monoisotopic (exact) mass is 297 g/mol. The Morgan fingerprint density at radius 2 is 2.25 bits per heavy atom. The number of carbonyl (C=O) groups is 1. The molecule has 1 aliphatic carbocycles. The number of amides is 1. The predicted molar refractivity (Wildman–Crippen MR) is 74.6 cm³/mol. The van der Waals surface area contributed by atoms with Gasteiger partial charge in [0, 0.05) is 37.7 Å². The maximum Gasteiger partial charge on any atom is 0.226 e. The van der Waals surface area contributed by atoms with Crippen LogP contribution in [0.2, 0.25) is 0 Å². The van der Waals surface area contributed by atoms with Gasteiger partial charge in [-0.3, -0.25) is 4.79 Å². The van der Waals surface area contributed by atoms with Crippen LogP contribution in [0.5, 0.6) is 0 Å². The summed E-state index contributed by atoms with van der Waals surface area (Å²) in [5, 5.41) is 4.04. The van der Waals surface area contributed by atoms with E-state index in [9.17, 15) is 4.79 Å². The molecule has 1 aliphatic heterocycles. The highest BCUT2D eigenvalue weighted by molar-refractivity contribution is 6.18. The fraction of sp³-hybridized carbons (Fsp3) is 0.786. The molecule has 1 unspecified atom stereocenters. The van der Waals surface area contributed by atoms with Gasteiger partial charge in [0.15, 0.2) is 5.82 Å². The number of likely N-dealkylation sites (tertiary alicyclic amines) is 1. The van der Waals surface area contributed by atoms with E-state index in [0.717, 1.165) is 44.1 Å². The van der Waals surface area contributed by atoms with E-state index in [0.29, 0.717) is 24.1 Å². The number of aromatic nitrogens is 2. The van der Waals surface area contributed by atoms with Crippen molar-refractivity contribution in [3.8, 4) is 0 Å². The fourth-order valence-corrected chi connectivity index (χ4v) is 2.96. The summed E-state index contributed by atoms with van der Waals surface area (Å²) in [6.07, 6.45) is 5.74. The molecule has 0 bridgehead atoms. The second-order valence-corrected chi connectivity index (χ2v) is 6.19. The minimum absolute atomic E-state index is 0.161. The summed E-state index contributed by atoms with van der Waals surface area (Å²) in [5.74, 6) is 3.11. The molecule has 1 aromatic heterocycles. The van der Waals surface area contributed by atoms with Crippen LogP contribution in [0.1, 0.15) is 49.7 Å². The normalized spacial score (nSPS) is 23.1. The van der Waals surface area contributed by atoms with Gasteiger partial charge in [-0.2, -0.15) is 4.98 Å². The van der Waals surface area contributed by atoms with Gasteiger partial charge in [-0.05, 0) is 31.6 Å². The number of rotatable bonds is 5. The van der Waals surface area contributed by atoms with Crippen LogP contribution in [0.3, 0.4) is 0 Å². The first kappa shape index (κ1) is 13.9. The maximum absolute atomic E-state index is 11.9. The minimum atomic E-state index is 0.161. The van der Waals surface area contributed by atoms with Crippen LogP contribution < -0.4 is 0 Å². The molecular formula is C14H20ClN3O2. The lowest BCUT2D eigenvalue weighted by molar-refractivity contribution is -0.132. The van der Waals surface area contributed by atoms with E-state index in [1.165, 1.54) is 12.8 Å². The van der Waals surface area contributed by atoms with E-state index in [1.807, 2.05) is 4.90 Å². The molecule has 2 aliphatic rings.